The zero-order chi connectivity index (χ0) is 18.0. The molecule has 2 amide bonds. The number of carbonyl (C=O) groups is 2. The molecule has 0 aromatic heterocycles. The molecule has 0 spiro atoms. The molecular weight excluding hydrogens is 316 g/mol. The van der Waals surface area contributed by atoms with Crippen molar-refractivity contribution in [2.24, 2.45) is 0 Å². The van der Waals surface area contributed by atoms with Crippen LogP contribution in [0.3, 0.4) is 0 Å². The molecule has 0 aliphatic carbocycles. The summed E-state index contributed by atoms with van der Waals surface area (Å²) < 4.78 is 5.71. The third-order valence-corrected chi connectivity index (χ3v) is 4.29. The maximum absolute atomic E-state index is 12.4. The van der Waals surface area contributed by atoms with E-state index in [1.165, 1.54) is 0 Å². The summed E-state index contributed by atoms with van der Waals surface area (Å²) in [6.45, 7) is 5.96. The number of aryl methyl sites for hydroxylation is 1. The Morgan fingerprint density at radius 1 is 1.20 bits per heavy atom. The number of amides is 2. The van der Waals surface area contributed by atoms with E-state index in [0.717, 1.165) is 23.2 Å². The van der Waals surface area contributed by atoms with Crippen molar-refractivity contribution < 1.29 is 14.3 Å². The van der Waals surface area contributed by atoms with E-state index in [0.29, 0.717) is 18.0 Å². The van der Waals surface area contributed by atoms with E-state index < -0.39 is 6.10 Å². The molecule has 5 nitrogen and oxygen atoms in total. The van der Waals surface area contributed by atoms with Crippen molar-refractivity contribution in [3.05, 3.63) is 53.6 Å². The SMILES string of the molecule is CC(=O)N1CCc2cc(NC(=O)[C@H](C)Oc3cccc(C)c3)ccc21. The van der Waals surface area contributed by atoms with Crippen molar-refractivity contribution in [3.8, 4) is 5.75 Å². The first kappa shape index (κ1) is 17.0. The number of ether oxygens (including phenoxy) is 1. The molecule has 2 aromatic rings. The van der Waals surface area contributed by atoms with Crippen molar-refractivity contribution in [1.82, 2.24) is 0 Å². The molecule has 0 unspecified atom stereocenters. The molecule has 0 bridgehead atoms. The molecule has 1 heterocycles. The second kappa shape index (κ2) is 6.97. The van der Waals surface area contributed by atoms with E-state index >= 15 is 0 Å². The van der Waals surface area contributed by atoms with Gasteiger partial charge in [-0.05, 0) is 61.7 Å². The Morgan fingerprint density at radius 2 is 2.00 bits per heavy atom. The number of hydrogen-bond donors (Lipinski definition) is 1. The van der Waals surface area contributed by atoms with Gasteiger partial charge in [-0.15, -0.1) is 0 Å². The van der Waals surface area contributed by atoms with Crippen LogP contribution in [0.2, 0.25) is 0 Å². The maximum atomic E-state index is 12.4. The highest BCUT2D eigenvalue weighted by Crippen LogP contribution is 2.30. The normalized spacial score (nSPS) is 14.0. The molecule has 25 heavy (non-hydrogen) atoms. The number of nitrogens with one attached hydrogen (secondary N) is 1. The van der Waals surface area contributed by atoms with Gasteiger partial charge in [-0.1, -0.05) is 12.1 Å². The first-order valence-corrected chi connectivity index (χ1v) is 8.39. The number of fused-ring (bicyclic) bond motifs is 1. The van der Waals surface area contributed by atoms with Gasteiger partial charge in [-0.25, -0.2) is 0 Å². The van der Waals surface area contributed by atoms with Crippen LogP contribution >= 0.6 is 0 Å². The summed E-state index contributed by atoms with van der Waals surface area (Å²) in [6, 6.07) is 13.2. The highest BCUT2D eigenvalue weighted by molar-refractivity contribution is 5.96. The summed E-state index contributed by atoms with van der Waals surface area (Å²) in [6.07, 6.45) is 0.192. The first-order chi connectivity index (χ1) is 11.9. The smallest absolute Gasteiger partial charge is 0.265 e. The standard InChI is InChI=1S/C20H22N2O3/c1-13-5-4-6-18(11-13)25-14(2)20(24)21-17-7-8-19-16(12-17)9-10-22(19)15(3)23/h4-8,11-12,14H,9-10H2,1-3H3,(H,21,24)/t14-/m0/s1. The Balaban J connectivity index is 1.66. The lowest BCUT2D eigenvalue weighted by Crippen LogP contribution is -2.30. The summed E-state index contributed by atoms with van der Waals surface area (Å²) in [5.74, 6) is 0.507. The zero-order valence-corrected chi connectivity index (χ0v) is 14.7. The lowest BCUT2D eigenvalue weighted by atomic mass is 10.1. The first-order valence-electron chi connectivity index (χ1n) is 8.39. The van der Waals surface area contributed by atoms with Crippen molar-refractivity contribution in [2.75, 3.05) is 16.8 Å². The predicted octanol–water partition coefficient (Wildman–Crippen LogP) is 3.31. The second-order valence-electron chi connectivity index (χ2n) is 6.33. The van der Waals surface area contributed by atoms with Crippen molar-refractivity contribution in [1.29, 1.82) is 0 Å². The van der Waals surface area contributed by atoms with Crippen LogP contribution in [0.25, 0.3) is 0 Å². The number of benzene rings is 2. The van der Waals surface area contributed by atoms with Gasteiger partial charge in [0.15, 0.2) is 6.10 Å². The third kappa shape index (κ3) is 3.82. The minimum atomic E-state index is -0.608. The molecule has 2 aromatic carbocycles. The van der Waals surface area contributed by atoms with Gasteiger partial charge in [-0.3, -0.25) is 9.59 Å². The van der Waals surface area contributed by atoms with E-state index in [4.69, 9.17) is 4.74 Å². The van der Waals surface area contributed by atoms with Gasteiger partial charge in [0, 0.05) is 24.8 Å². The molecular formula is C20H22N2O3. The molecule has 1 aliphatic heterocycles. The molecule has 5 heteroatoms. The van der Waals surface area contributed by atoms with Gasteiger partial charge in [0.05, 0.1) is 0 Å². The maximum Gasteiger partial charge on any atom is 0.265 e. The molecule has 3 rings (SSSR count). The monoisotopic (exact) mass is 338 g/mol. The molecule has 0 radical (unpaired) electrons. The van der Waals surface area contributed by atoms with Gasteiger partial charge in [-0.2, -0.15) is 0 Å². The van der Waals surface area contributed by atoms with Crippen LogP contribution < -0.4 is 15.0 Å². The summed E-state index contributed by atoms with van der Waals surface area (Å²) in [5, 5.41) is 2.88. The predicted molar refractivity (Wildman–Crippen MR) is 98.1 cm³/mol. The lowest BCUT2D eigenvalue weighted by Gasteiger charge is -2.17. The Hall–Kier alpha value is -2.82. The van der Waals surface area contributed by atoms with Crippen molar-refractivity contribution >= 4 is 23.2 Å². The third-order valence-electron chi connectivity index (χ3n) is 4.29. The van der Waals surface area contributed by atoms with Crippen LogP contribution in [0.15, 0.2) is 42.5 Å². The van der Waals surface area contributed by atoms with Crippen LogP contribution in [-0.2, 0) is 16.0 Å². The van der Waals surface area contributed by atoms with Crippen LogP contribution in [0.5, 0.6) is 5.75 Å². The number of anilines is 2. The minimum absolute atomic E-state index is 0.0377. The van der Waals surface area contributed by atoms with E-state index in [9.17, 15) is 9.59 Å². The van der Waals surface area contributed by atoms with Crippen molar-refractivity contribution in [2.45, 2.75) is 33.3 Å². The second-order valence-corrected chi connectivity index (χ2v) is 6.33. The fourth-order valence-electron chi connectivity index (χ4n) is 3.00. The van der Waals surface area contributed by atoms with E-state index in [-0.39, 0.29) is 11.8 Å². The van der Waals surface area contributed by atoms with Gasteiger partial charge >= 0.3 is 0 Å². The fourth-order valence-corrected chi connectivity index (χ4v) is 3.00. The topological polar surface area (TPSA) is 58.6 Å². The Labute approximate surface area is 147 Å². The van der Waals surface area contributed by atoms with Gasteiger partial charge in [0.1, 0.15) is 5.75 Å². The van der Waals surface area contributed by atoms with Crippen LogP contribution in [0, 0.1) is 6.92 Å². The summed E-state index contributed by atoms with van der Waals surface area (Å²) >= 11 is 0. The summed E-state index contributed by atoms with van der Waals surface area (Å²) in [7, 11) is 0. The van der Waals surface area contributed by atoms with Crippen LogP contribution in [0.4, 0.5) is 11.4 Å². The lowest BCUT2D eigenvalue weighted by molar-refractivity contribution is -0.122. The molecule has 130 valence electrons. The number of rotatable bonds is 4. The summed E-state index contributed by atoms with van der Waals surface area (Å²) in [4.78, 5) is 25.7. The average molecular weight is 338 g/mol. The van der Waals surface area contributed by atoms with Crippen LogP contribution in [-0.4, -0.2) is 24.5 Å². The Bertz CT molecular complexity index is 816. The molecule has 1 N–H and O–H groups in total. The number of carbonyl (C=O) groups excluding carboxylic acids is 2. The van der Waals surface area contributed by atoms with Gasteiger partial charge < -0.3 is 15.0 Å². The minimum Gasteiger partial charge on any atom is -0.481 e. The highest BCUT2D eigenvalue weighted by atomic mass is 16.5. The quantitative estimate of drug-likeness (QED) is 0.930. The Morgan fingerprint density at radius 3 is 2.72 bits per heavy atom. The number of hydrogen-bond acceptors (Lipinski definition) is 3. The van der Waals surface area contributed by atoms with Crippen LogP contribution in [0.1, 0.15) is 25.0 Å². The largest absolute Gasteiger partial charge is 0.481 e. The molecule has 1 aliphatic rings. The van der Waals surface area contributed by atoms with Crippen molar-refractivity contribution in [3.63, 3.8) is 0 Å². The average Bonchev–Trinajstić information content (AvgIpc) is 2.98. The fraction of sp³-hybridized carbons (Fsp3) is 0.300. The summed E-state index contributed by atoms with van der Waals surface area (Å²) in [5.41, 5.74) is 3.79. The van der Waals surface area contributed by atoms with E-state index in [1.54, 1.807) is 18.7 Å². The molecule has 0 saturated heterocycles. The molecule has 0 saturated carbocycles. The van der Waals surface area contributed by atoms with Gasteiger partial charge in [0.25, 0.3) is 5.91 Å². The van der Waals surface area contributed by atoms with E-state index in [2.05, 4.69) is 5.32 Å². The van der Waals surface area contributed by atoms with Gasteiger partial charge in [0.2, 0.25) is 5.91 Å². The van der Waals surface area contributed by atoms with E-state index in [1.807, 2.05) is 49.4 Å². The molecule has 0 fully saturated rings. The zero-order valence-electron chi connectivity index (χ0n) is 14.7. The number of nitrogens with zero attached hydrogens (tertiary/aromatic N) is 1. The molecule has 1 atom stereocenters. The Kier molecular flexibility index (Phi) is 4.74. The highest BCUT2D eigenvalue weighted by Gasteiger charge is 2.23.